The Balaban J connectivity index is 2.11. The average molecular weight is 291 g/mol. The second kappa shape index (κ2) is 5.32. The van der Waals surface area contributed by atoms with Crippen molar-refractivity contribution in [2.75, 3.05) is 36.9 Å². The molecule has 3 rings (SSSR count). The number of nitrogens with zero attached hydrogens (tertiary/aromatic N) is 1. The molecule has 0 fully saturated rings. The quantitative estimate of drug-likeness (QED) is 0.577. The van der Waals surface area contributed by atoms with E-state index in [-0.39, 0.29) is 13.2 Å². The highest BCUT2D eigenvalue weighted by Gasteiger charge is 2.11. The summed E-state index contributed by atoms with van der Waals surface area (Å²) >= 11 is 1.58. The number of thiophene rings is 1. The second-order valence-corrected chi connectivity index (χ2v) is 5.79. The van der Waals surface area contributed by atoms with Crippen LogP contribution in [0, 0.1) is 0 Å². The summed E-state index contributed by atoms with van der Waals surface area (Å²) in [5, 5.41) is 21.3. The molecule has 0 spiro atoms. The van der Waals surface area contributed by atoms with Crippen molar-refractivity contribution in [2.24, 2.45) is 0 Å². The second-order valence-electron chi connectivity index (χ2n) is 4.68. The van der Waals surface area contributed by atoms with E-state index in [1.54, 1.807) is 11.3 Å². The topological polar surface area (TPSA) is 85.5 Å². The third-order valence-corrected chi connectivity index (χ3v) is 4.32. The number of aromatic amines is 1. The summed E-state index contributed by atoms with van der Waals surface area (Å²) < 4.78 is 1.16. The van der Waals surface area contributed by atoms with Crippen LogP contribution >= 0.6 is 11.3 Å². The van der Waals surface area contributed by atoms with Crippen LogP contribution in [0.4, 0.5) is 10.8 Å². The van der Waals surface area contributed by atoms with Crippen LogP contribution in [0.25, 0.3) is 21.0 Å². The van der Waals surface area contributed by atoms with E-state index in [0.717, 1.165) is 31.8 Å². The summed E-state index contributed by atoms with van der Waals surface area (Å²) in [5.74, 6) is 0.903. The minimum atomic E-state index is 0.0518. The minimum Gasteiger partial charge on any atom is -0.395 e. The van der Waals surface area contributed by atoms with E-state index >= 15 is 0 Å². The van der Waals surface area contributed by atoms with Gasteiger partial charge in [-0.2, -0.15) is 0 Å². The van der Waals surface area contributed by atoms with E-state index < -0.39 is 0 Å². The molecule has 0 atom stereocenters. The van der Waals surface area contributed by atoms with Crippen LogP contribution in [0.15, 0.2) is 24.3 Å². The lowest BCUT2D eigenvalue weighted by Crippen LogP contribution is -2.29. The zero-order chi connectivity index (χ0) is 14.1. The van der Waals surface area contributed by atoms with Crippen LogP contribution < -0.4 is 10.6 Å². The molecule has 0 aliphatic heterocycles. The van der Waals surface area contributed by atoms with Gasteiger partial charge in [-0.3, -0.25) is 0 Å². The number of H-pyrrole nitrogens is 1. The first-order chi connectivity index (χ1) is 9.72. The van der Waals surface area contributed by atoms with E-state index in [9.17, 15) is 0 Å². The van der Waals surface area contributed by atoms with Crippen molar-refractivity contribution < 1.29 is 10.2 Å². The first-order valence-electron chi connectivity index (χ1n) is 6.50. The molecule has 5 nitrogen and oxygen atoms in total. The summed E-state index contributed by atoms with van der Waals surface area (Å²) in [6.07, 6.45) is 0. The highest BCUT2D eigenvalue weighted by molar-refractivity contribution is 7.22. The van der Waals surface area contributed by atoms with Gasteiger partial charge in [-0.1, -0.05) is 0 Å². The number of nitrogens with one attached hydrogen (secondary N) is 1. The number of nitrogens with two attached hydrogens (primary N) is 1. The van der Waals surface area contributed by atoms with Crippen LogP contribution in [0.5, 0.6) is 0 Å². The van der Waals surface area contributed by atoms with Crippen LogP contribution in [-0.4, -0.2) is 41.5 Å². The van der Waals surface area contributed by atoms with E-state index in [1.807, 2.05) is 17.0 Å². The predicted molar refractivity (Wildman–Crippen MR) is 84.5 cm³/mol. The number of anilines is 2. The molecule has 0 saturated carbocycles. The van der Waals surface area contributed by atoms with Gasteiger partial charge >= 0.3 is 0 Å². The van der Waals surface area contributed by atoms with Crippen LogP contribution in [0.3, 0.4) is 0 Å². The van der Waals surface area contributed by atoms with Gasteiger partial charge in [0.15, 0.2) is 0 Å². The zero-order valence-electron chi connectivity index (χ0n) is 11.0. The summed E-state index contributed by atoms with van der Waals surface area (Å²) in [4.78, 5) is 5.27. The normalized spacial score (nSPS) is 11.5. The molecule has 3 aromatic rings. The Kier molecular flexibility index (Phi) is 3.52. The van der Waals surface area contributed by atoms with E-state index in [4.69, 9.17) is 15.9 Å². The van der Waals surface area contributed by atoms with Gasteiger partial charge in [0.2, 0.25) is 0 Å². The summed E-state index contributed by atoms with van der Waals surface area (Å²) in [6, 6.07) is 8.13. The number of benzene rings is 1. The molecule has 6 heteroatoms. The molecule has 0 aliphatic rings. The van der Waals surface area contributed by atoms with Crippen molar-refractivity contribution in [2.45, 2.75) is 0 Å². The van der Waals surface area contributed by atoms with Crippen molar-refractivity contribution in [1.82, 2.24) is 4.98 Å². The maximum Gasteiger partial charge on any atom is 0.107 e. The van der Waals surface area contributed by atoms with Gasteiger partial charge in [-0.15, -0.1) is 11.3 Å². The minimum absolute atomic E-state index is 0.0518. The lowest BCUT2D eigenvalue weighted by molar-refractivity contribution is 0.281. The molecule has 0 saturated heterocycles. The fourth-order valence-electron chi connectivity index (χ4n) is 2.49. The SMILES string of the molecule is Nc1cc2c(ccc3[nH]c(N(CCO)CCO)cc32)s1. The third-order valence-electron chi connectivity index (χ3n) is 3.39. The number of aliphatic hydroxyl groups excluding tert-OH is 2. The lowest BCUT2D eigenvalue weighted by Gasteiger charge is -2.20. The molecule has 0 amide bonds. The first kappa shape index (κ1) is 13.2. The molecule has 106 valence electrons. The molecular weight excluding hydrogens is 274 g/mol. The maximum atomic E-state index is 9.12. The number of hydrogen-bond donors (Lipinski definition) is 4. The van der Waals surface area contributed by atoms with E-state index in [0.29, 0.717) is 13.1 Å². The van der Waals surface area contributed by atoms with E-state index in [2.05, 4.69) is 17.1 Å². The first-order valence-corrected chi connectivity index (χ1v) is 7.32. The molecule has 0 bridgehead atoms. The standard InChI is InChI=1S/C14H17N3O2S/c15-13-7-10-9-8-14(17(3-5-18)4-6-19)16-11(9)1-2-12(10)20-13/h1-2,7-8,16,18-19H,3-6,15H2. The van der Waals surface area contributed by atoms with Gasteiger partial charge in [0, 0.05) is 34.1 Å². The highest BCUT2D eigenvalue weighted by atomic mass is 32.1. The van der Waals surface area contributed by atoms with Crippen molar-refractivity contribution in [1.29, 1.82) is 0 Å². The van der Waals surface area contributed by atoms with Gasteiger partial charge < -0.3 is 25.8 Å². The maximum absolute atomic E-state index is 9.12. The fraction of sp³-hybridized carbons (Fsp3) is 0.286. The van der Waals surface area contributed by atoms with Gasteiger partial charge in [-0.25, -0.2) is 0 Å². The highest BCUT2D eigenvalue weighted by Crippen LogP contribution is 2.35. The molecule has 0 radical (unpaired) electrons. The Morgan fingerprint density at radius 1 is 1.10 bits per heavy atom. The van der Waals surface area contributed by atoms with Crippen molar-refractivity contribution in [3.05, 3.63) is 24.3 Å². The van der Waals surface area contributed by atoms with Crippen LogP contribution in [-0.2, 0) is 0 Å². The van der Waals surface area contributed by atoms with Crippen LogP contribution in [0.2, 0.25) is 0 Å². The lowest BCUT2D eigenvalue weighted by atomic mass is 10.2. The molecule has 2 aromatic heterocycles. The van der Waals surface area contributed by atoms with Gasteiger partial charge in [-0.05, 0) is 24.3 Å². The van der Waals surface area contributed by atoms with E-state index in [1.165, 1.54) is 0 Å². The zero-order valence-corrected chi connectivity index (χ0v) is 11.8. The molecular formula is C14H17N3O2S. The molecule has 5 N–H and O–H groups in total. The Bertz CT molecular complexity index is 729. The summed E-state index contributed by atoms with van der Waals surface area (Å²) in [6.45, 7) is 1.08. The Hall–Kier alpha value is -1.76. The molecule has 2 heterocycles. The fourth-order valence-corrected chi connectivity index (χ4v) is 3.34. The number of nitrogen functional groups attached to an aromatic ring is 1. The third kappa shape index (κ3) is 2.22. The smallest absolute Gasteiger partial charge is 0.107 e. The monoisotopic (exact) mass is 291 g/mol. The van der Waals surface area contributed by atoms with Crippen LogP contribution in [0.1, 0.15) is 0 Å². The average Bonchev–Trinajstić information content (AvgIpc) is 3.00. The van der Waals surface area contributed by atoms with Crippen molar-refractivity contribution >= 4 is 43.1 Å². The number of rotatable bonds is 5. The van der Waals surface area contributed by atoms with Gasteiger partial charge in [0.05, 0.1) is 18.2 Å². The van der Waals surface area contributed by atoms with Crippen molar-refractivity contribution in [3.63, 3.8) is 0 Å². The van der Waals surface area contributed by atoms with Gasteiger partial charge in [0.1, 0.15) is 5.82 Å². The molecule has 0 unspecified atom stereocenters. The number of fused-ring (bicyclic) bond motifs is 3. The van der Waals surface area contributed by atoms with Gasteiger partial charge in [0.25, 0.3) is 0 Å². The number of aromatic nitrogens is 1. The Labute approximate surface area is 120 Å². The molecule has 20 heavy (non-hydrogen) atoms. The predicted octanol–water partition coefficient (Wildman–Crippen LogP) is 1.76. The Morgan fingerprint density at radius 3 is 2.55 bits per heavy atom. The largest absolute Gasteiger partial charge is 0.395 e. The molecule has 0 aliphatic carbocycles. The summed E-state index contributed by atoms with van der Waals surface area (Å²) in [7, 11) is 0. The summed E-state index contributed by atoms with van der Waals surface area (Å²) in [5.41, 5.74) is 6.91. The number of hydrogen-bond acceptors (Lipinski definition) is 5. The number of aliphatic hydroxyl groups is 2. The Morgan fingerprint density at radius 2 is 1.85 bits per heavy atom. The molecule has 1 aromatic carbocycles. The van der Waals surface area contributed by atoms with Crippen molar-refractivity contribution in [3.8, 4) is 0 Å².